The molecule has 6 atom stereocenters. The number of hydrogen-bond donors (Lipinski definition) is 3. The van der Waals surface area contributed by atoms with Crippen molar-refractivity contribution in [1.29, 1.82) is 0 Å². The van der Waals surface area contributed by atoms with Gasteiger partial charge in [-0.3, -0.25) is 37.3 Å². The third-order valence-corrected chi connectivity index (χ3v) is 21.9. The van der Waals surface area contributed by atoms with E-state index in [1.54, 1.807) is 0 Å². The summed E-state index contributed by atoms with van der Waals surface area (Å²) < 4.78 is 68.9. The average molecular weight is 1510 g/mol. The normalized spacial score (nSPS) is 14.2. The Morgan fingerprint density at radius 2 is 0.495 bits per heavy atom. The average Bonchev–Trinajstić information content (AvgIpc) is 0.911. The van der Waals surface area contributed by atoms with Crippen molar-refractivity contribution in [3.8, 4) is 0 Å². The predicted molar refractivity (Wildman–Crippen MR) is 423 cm³/mol. The number of phosphoric ester groups is 2. The summed E-state index contributed by atoms with van der Waals surface area (Å²) in [6.07, 6.45) is 63.7. The summed E-state index contributed by atoms with van der Waals surface area (Å²) in [5.41, 5.74) is 0. The molecule has 0 radical (unpaired) electrons. The lowest BCUT2D eigenvalue weighted by atomic mass is 9.99. The zero-order valence-corrected chi connectivity index (χ0v) is 69.6. The molecule has 17 nitrogen and oxygen atoms in total. The number of aliphatic hydroxyl groups excluding tert-OH is 1. The van der Waals surface area contributed by atoms with Crippen molar-refractivity contribution in [3.05, 3.63) is 0 Å². The molecule has 612 valence electrons. The molecule has 0 heterocycles. The Morgan fingerprint density at radius 1 is 0.282 bits per heavy atom. The number of esters is 4. The zero-order chi connectivity index (χ0) is 75.8. The van der Waals surface area contributed by atoms with Gasteiger partial charge in [-0.25, -0.2) is 9.13 Å². The summed E-state index contributed by atoms with van der Waals surface area (Å²) in [6.45, 7) is 12.0. The van der Waals surface area contributed by atoms with E-state index in [4.69, 9.17) is 37.0 Å². The second kappa shape index (κ2) is 74.2. The molecule has 0 aromatic rings. The molecule has 0 aromatic heterocycles. The van der Waals surface area contributed by atoms with Crippen LogP contribution >= 0.6 is 15.6 Å². The predicted octanol–water partition coefficient (Wildman–Crippen LogP) is 25.3. The summed E-state index contributed by atoms with van der Waals surface area (Å²) in [7, 11) is -9.93. The highest BCUT2D eigenvalue weighted by Gasteiger charge is 2.30. The number of phosphoric acid groups is 2. The van der Waals surface area contributed by atoms with Crippen LogP contribution in [0.1, 0.15) is 440 Å². The summed E-state index contributed by atoms with van der Waals surface area (Å²) in [5, 5.41) is 10.7. The molecular formula is C84H164O17P2. The van der Waals surface area contributed by atoms with Gasteiger partial charge >= 0.3 is 39.5 Å². The molecule has 0 aromatic carbocycles. The van der Waals surface area contributed by atoms with E-state index in [0.717, 1.165) is 108 Å². The quantitative estimate of drug-likeness (QED) is 0.0222. The van der Waals surface area contributed by atoms with E-state index >= 15 is 0 Å². The number of carbonyl (C=O) groups is 4. The number of ether oxygens (including phenoxy) is 4. The van der Waals surface area contributed by atoms with E-state index < -0.39 is 97.5 Å². The molecule has 19 heteroatoms. The molecule has 3 N–H and O–H groups in total. The molecule has 0 saturated carbocycles. The van der Waals surface area contributed by atoms with E-state index in [2.05, 4.69) is 48.5 Å². The van der Waals surface area contributed by atoms with E-state index in [9.17, 15) is 43.2 Å². The lowest BCUT2D eigenvalue weighted by Gasteiger charge is -2.21. The number of aliphatic hydroxyl groups is 1. The van der Waals surface area contributed by atoms with Gasteiger partial charge in [-0.15, -0.1) is 0 Å². The van der Waals surface area contributed by atoms with Gasteiger partial charge in [0.15, 0.2) is 12.2 Å². The minimum atomic E-state index is -4.97. The van der Waals surface area contributed by atoms with Gasteiger partial charge in [0.2, 0.25) is 0 Å². The number of hydrogen-bond acceptors (Lipinski definition) is 15. The van der Waals surface area contributed by atoms with Gasteiger partial charge in [0.1, 0.15) is 19.3 Å². The maximum atomic E-state index is 13.1. The molecule has 0 amide bonds. The first-order valence-corrected chi connectivity index (χ1v) is 46.4. The Morgan fingerprint density at radius 3 is 0.738 bits per heavy atom. The lowest BCUT2D eigenvalue weighted by Crippen LogP contribution is -2.30. The van der Waals surface area contributed by atoms with Crippen molar-refractivity contribution >= 4 is 39.5 Å². The first-order chi connectivity index (χ1) is 49.8. The van der Waals surface area contributed by atoms with E-state index in [0.29, 0.717) is 25.7 Å². The summed E-state index contributed by atoms with van der Waals surface area (Å²) >= 11 is 0. The molecule has 0 bridgehead atoms. The Labute approximate surface area is 632 Å². The van der Waals surface area contributed by atoms with Gasteiger partial charge in [-0.2, -0.15) is 0 Å². The van der Waals surface area contributed by atoms with Crippen molar-refractivity contribution in [2.24, 2.45) is 17.8 Å². The van der Waals surface area contributed by atoms with E-state index in [1.807, 2.05) is 0 Å². The third kappa shape index (κ3) is 76.6. The van der Waals surface area contributed by atoms with Crippen LogP contribution in [0, 0.1) is 17.8 Å². The van der Waals surface area contributed by atoms with Gasteiger partial charge in [0.25, 0.3) is 0 Å². The topological polar surface area (TPSA) is 237 Å². The smallest absolute Gasteiger partial charge is 0.462 e. The van der Waals surface area contributed by atoms with E-state index in [1.165, 1.54) is 250 Å². The van der Waals surface area contributed by atoms with Crippen molar-refractivity contribution < 1.29 is 80.2 Å². The van der Waals surface area contributed by atoms with Gasteiger partial charge in [-0.1, -0.05) is 389 Å². The Kier molecular flexibility index (Phi) is 72.8. The van der Waals surface area contributed by atoms with Crippen molar-refractivity contribution in [2.45, 2.75) is 458 Å². The number of unbranched alkanes of at least 4 members (excludes halogenated alkanes) is 49. The molecule has 3 unspecified atom stereocenters. The lowest BCUT2D eigenvalue weighted by molar-refractivity contribution is -0.161. The van der Waals surface area contributed by atoms with Crippen LogP contribution in [0.4, 0.5) is 0 Å². The van der Waals surface area contributed by atoms with Crippen LogP contribution in [0.15, 0.2) is 0 Å². The Hall–Kier alpha value is -1.94. The SMILES string of the molecule is CCCCCCCCCCCCCCCCCCCCC(=O)OC[C@H](COP(=O)(O)OC[C@@H](O)COP(=O)(O)OC[C@@H](COC(=O)CCCCCCCCCCCCC(C)C)OC(=O)CCCCCCCCCCCCC(C)CC)OC(=O)CCCCCCCCCCCCCCCCCC(C)C. The van der Waals surface area contributed by atoms with Crippen molar-refractivity contribution in [1.82, 2.24) is 0 Å². The Balaban J connectivity index is 5.27. The van der Waals surface area contributed by atoms with Crippen LogP contribution < -0.4 is 0 Å². The van der Waals surface area contributed by atoms with Crippen LogP contribution in [0.3, 0.4) is 0 Å². The maximum Gasteiger partial charge on any atom is 0.472 e. The standard InChI is InChI=1S/C84H164O17P2/c1-8-10-11-12-13-14-15-16-17-18-19-22-25-28-37-44-51-58-65-81(86)94-71-79(100-83(88)67-60-53-46-39-29-26-23-20-21-24-27-34-41-48-55-62-75(3)4)73-98-102(90,91)96-69-78(85)70-97-103(92,93)99-74-80(72-95-82(87)66-59-52-45-38-32-30-35-42-49-56-63-76(5)6)101-84(89)68-61-54-47-40-33-31-36-43-50-57-64-77(7)9-2/h75-80,85H,8-74H2,1-7H3,(H,90,91)(H,92,93)/t77?,78-,79-,80-/m1/s1. The van der Waals surface area contributed by atoms with Gasteiger partial charge in [-0.05, 0) is 43.4 Å². The number of carbonyl (C=O) groups excluding carboxylic acids is 4. The highest BCUT2D eigenvalue weighted by molar-refractivity contribution is 7.47. The van der Waals surface area contributed by atoms with Gasteiger partial charge in [0.05, 0.1) is 26.4 Å². The molecule has 0 aliphatic rings. The fourth-order valence-electron chi connectivity index (χ4n) is 13.0. The summed E-state index contributed by atoms with van der Waals surface area (Å²) in [5.74, 6) is 0.258. The van der Waals surface area contributed by atoms with Crippen LogP contribution in [0.5, 0.6) is 0 Å². The van der Waals surface area contributed by atoms with Crippen LogP contribution in [-0.4, -0.2) is 96.7 Å². The van der Waals surface area contributed by atoms with Crippen LogP contribution in [-0.2, 0) is 65.4 Å². The number of rotatable bonds is 82. The third-order valence-electron chi connectivity index (χ3n) is 20.0. The minimum absolute atomic E-state index is 0.106. The second-order valence-corrected chi connectivity index (χ2v) is 34.3. The molecule has 0 fully saturated rings. The highest BCUT2D eigenvalue weighted by Crippen LogP contribution is 2.45. The fraction of sp³-hybridized carbons (Fsp3) is 0.952. The summed E-state index contributed by atoms with van der Waals surface area (Å²) in [4.78, 5) is 73.2. The monoisotopic (exact) mass is 1510 g/mol. The molecule has 0 aliphatic heterocycles. The second-order valence-electron chi connectivity index (χ2n) is 31.4. The van der Waals surface area contributed by atoms with Gasteiger partial charge in [0, 0.05) is 25.7 Å². The summed E-state index contributed by atoms with van der Waals surface area (Å²) in [6, 6.07) is 0. The van der Waals surface area contributed by atoms with Crippen molar-refractivity contribution in [2.75, 3.05) is 39.6 Å². The molecule has 0 spiro atoms. The van der Waals surface area contributed by atoms with Crippen molar-refractivity contribution in [3.63, 3.8) is 0 Å². The first kappa shape index (κ1) is 101. The largest absolute Gasteiger partial charge is 0.472 e. The molecular weight excluding hydrogens is 1340 g/mol. The zero-order valence-electron chi connectivity index (χ0n) is 67.8. The molecule has 0 saturated heterocycles. The van der Waals surface area contributed by atoms with Crippen LogP contribution in [0.25, 0.3) is 0 Å². The highest BCUT2D eigenvalue weighted by atomic mass is 31.2. The molecule has 103 heavy (non-hydrogen) atoms. The van der Waals surface area contributed by atoms with Gasteiger partial charge < -0.3 is 33.8 Å². The molecule has 0 rings (SSSR count). The Bertz CT molecular complexity index is 1990. The molecule has 0 aliphatic carbocycles. The minimum Gasteiger partial charge on any atom is -0.462 e. The van der Waals surface area contributed by atoms with Crippen LogP contribution in [0.2, 0.25) is 0 Å². The fourth-order valence-corrected chi connectivity index (χ4v) is 14.6. The first-order valence-electron chi connectivity index (χ1n) is 43.4. The van der Waals surface area contributed by atoms with E-state index in [-0.39, 0.29) is 25.7 Å². The maximum absolute atomic E-state index is 13.1.